The first-order valence-corrected chi connectivity index (χ1v) is 9.73. The fraction of sp³-hybridized carbons (Fsp3) is 0.727. The molecule has 4 aliphatic rings. The third-order valence-electron chi connectivity index (χ3n) is 7.40. The molecule has 0 aromatic carbocycles. The summed E-state index contributed by atoms with van der Waals surface area (Å²) in [5.74, 6) is 0. The van der Waals surface area contributed by atoms with Crippen LogP contribution in [-0.4, -0.2) is 0 Å². The Morgan fingerprint density at radius 3 is 1.50 bits per heavy atom. The van der Waals surface area contributed by atoms with Crippen LogP contribution in [0.15, 0.2) is 34.4 Å². The Hall–Kier alpha value is -0.780. The highest BCUT2D eigenvalue weighted by molar-refractivity contribution is 5.43. The molecule has 0 heteroatoms. The smallest absolute Gasteiger partial charge is 0.0110 e. The molecule has 0 heterocycles. The highest BCUT2D eigenvalue weighted by Gasteiger charge is 2.37. The second-order valence-electron chi connectivity index (χ2n) is 8.93. The Kier molecular flexibility index (Phi) is 3.62. The average molecular weight is 296 g/mol. The first-order chi connectivity index (χ1) is 10.6. The molecule has 0 aromatic rings. The minimum atomic E-state index is 0.545. The van der Waals surface area contributed by atoms with Gasteiger partial charge in [0.1, 0.15) is 0 Å². The van der Waals surface area contributed by atoms with Crippen LogP contribution in [0.4, 0.5) is 0 Å². The summed E-state index contributed by atoms with van der Waals surface area (Å²) in [6.45, 7) is 5.05. The van der Waals surface area contributed by atoms with Crippen LogP contribution in [0.1, 0.15) is 90.9 Å². The molecule has 120 valence electrons. The Balaban J connectivity index is 1.68. The summed E-state index contributed by atoms with van der Waals surface area (Å²) < 4.78 is 0. The topological polar surface area (TPSA) is 0 Å². The van der Waals surface area contributed by atoms with Gasteiger partial charge < -0.3 is 0 Å². The van der Waals surface area contributed by atoms with Crippen molar-refractivity contribution in [3.8, 4) is 0 Å². The summed E-state index contributed by atoms with van der Waals surface area (Å²) in [6, 6.07) is 0. The Bertz CT molecular complexity index is 509. The minimum Gasteiger partial charge on any atom is -0.0640 e. The van der Waals surface area contributed by atoms with Crippen molar-refractivity contribution in [2.45, 2.75) is 90.9 Å². The number of fused-ring (bicyclic) bond motifs is 2. The summed E-state index contributed by atoms with van der Waals surface area (Å²) in [7, 11) is 0. The third-order valence-corrected chi connectivity index (χ3v) is 7.40. The van der Waals surface area contributed by atoms with Crippen molar-refractivity contribution in [2.24, 2.45) is 10.8 Å². The van der Waals surface area contributed by atoms with E-state index in [2.05, 4.69) is 26.0 Å². The second-order valence-corrected chi connectivity index (χ2v) is 8.93. The highest BCUT2D eigenvalue weighted by Crippen LogP contribution is 2.52. The number of hydrogen-bond acceptors (Lipinski definition) is 0. The SMILES string of the molecule is C[C@]12CCCCC1=C/C(=C1\C=C3CCCC[C@]3(C)CC1)CC2. The maximum Gasteiger partial charge on any atom is -0.0110 e. The molecule has 4 rings (SSSR count). The van der Waals surface area contributed by atoms with Gasteiger partial charge in [-0.1, -0.05) is 50.0 Å². The van der Waals surface area contributed by atoms with Crippen molar-refractivity contribution in [3.05, 3.63) is 34.4 Å². The molecule has 2 saturated carbocycles. The monoisotopic (exact) mass is 296 g/mol. The van der Waals surface area contributed by atoms with Gasteiger partial charge in [0, 0.05) is 0 Å². The largest absolute Gasteiger partial charge is 0.0640 e. The maximum atomic E-state index is 2.64. The lowest BCUT2D eigenvalue weighted by Gasteiger charge is -2.42. The first kappa shape index (κ1) is 14.8. The van der Waals surface area contributed by atoms with Crippen LogP contribution in [0.2, 0.25) is 0 Å². The van der Waals surface area contributed by atoms with E-state index in [4.69, 9.17) is 0 Å². The van der Waals surface area contributed by atoms with Crippen molar-refractivity contribution in [1.82, 2.24) is 0 Å². The molecule has 0 amide bonds. The van der Waals surface area contributed by atoms with Gasteiger partial charge in [-0.25, -0.2) is 0 Å². The van der Waals surface area contributed by atoms with Gasteiger partial charge in [-0.05, 0) is 86.2 Å². The average Bonchev–Trinajstić information content (AvgIpc) is 2.53. The predicted octanol–water partition coefficient (Wildman–Crippen LogP) is 6.88. The zero-order valence-corrected chi connectivity index (χ0v) is 14.6. The molecule has 0 nitrogen and oxygen atoms in total. The lowest BCUT2D eigenvalue weighted by Crippen LogP contribution is -2.28. The normalized spacial score (nSPS) is 42.1. The molecule has 22 heavy (non-hydrogen) atoms. The molecule has 0 radical (unpaired) electrons. The standard InChI is InChI=1S/C22H32/c1-21-11-5-3-7-19(21)15-17(9-13-21)18-10-14-22(2)12-6-4-8-20(22)16-18/h15-16H,3-14H2,1-2H3/b18-17-/t21-,22-/m1/s1. The first-order valence-electron chi connectivity index (χ1n) is 9.73. The summed E-state index contributed by atoms with van der Waals surface area (Å²) in [5.41, 5.74) is 8.06. The summed E-state index contributed by atoms with van der Waals surface area (Å²) in [5, 5.41) is 0. The quantitative estimate of drug-likeness (QED) is 0.457. The van der Waals surface area contributed by atoms with Crippen LogP contribution in [0.3, 0.4) is 0 Å². The van der Waals surface area contributed by atoms with Crippen LogP contribution >= 0.6 is 0 Å². The van der Waals surface area contributed by atoms with Crippen molar-refractivity contribution in [2.75, 3.05) is 0 Å². The van der Waals surface area contributed by atoms with E-state index in [0.29, 0.717) is 10.8 Å². The molecule has 0 bridgehead atoms. The molecule has 0 N–H and O–H groups in total. The van der Waals surface area contributed by atoms with Gasteiger partial charge in [-0.2, -0.15) is 0 Å². The van der Waals surface area contributed by atoms with Crippen molar-refractivity contribution < 1.29 is 0 Å². The van der Waals surface area contributed by atoms with Crippen LogP contribution < -0.4 is 0 Å². The Labute approximate surface area is 136 Å². The van der Waals surface area contributed by atoms with E-state index in [9.17, 15) is 0 Å². The molecule has 4 aliphatic carbocycles. The predicted molar refractivity (Wildman–Crippen MR) is 94.8 cm³/mol. The van der Waals surface area contributed by atoms with E-state index in [-0.39, 0.29) is 0 Å². The Morgan fingerprint density at radius 2 is 1.05 bits per heavy atom. The molecule has 2 atom stereocenters. The van der Waals surface area contributed by atoms with Gasteiger partial charge >= 0.3 is 0 Å². The maximum absolute atomic E-state index is 2.64. The molecular formula is C22H32. The van der Waals surface area contributed by atoms with Crippen molar-refractivity contribution in [3.63, 3.8) is 0 Å². The fourth-order valence-corrected chi connectivity index (χ4v) is 5.54. The van der Waals surface area contributed by atoms with Crippen molar-refractivity contribution >= 4 is 0 Å². The van der Waals surface area contributed by atoms with Gasteiger partial charge in [0.25, 0.3) is 0 Å². The van der Waals surface area contributed by atoms with E-state index < -0.39 is 0 Å². The lowest BCUT2D eigenvalue weighted by molar-refractivity contribution is 0.268. The Morgan fingerprint density at radius 1 is 0.591 bits per heavy atom. The van der Waals surface area contributed by atoms with E-state index in [0.717, 1.165) is 0 Å². The summed E-state index contributed by atoms with van der Waals surface area (Å²) >= 11 is 0. The van der Waals surface area contributed by atoms with Gasteiger partial charge in [-0.15, -0.1) is 0 Å². The molecule has 0 aromatic heterocycles. The summed E-state index contributed by atoms with van der Waals surface area (Å²) in [4.78, 5) is 0. The van der Waals surface area contributed by atoms with E-state index in [1.165, 1.54) is 77.0 Å². The fourth-order valence-electron chi connectivity index (χ4n) is 5.54. The molecule has 2 fully saturated rings. The lowest BCUT2D eigenvalue weighted by atomic mass is 9.63. The van der Waals surface area contributed by atoms with Crippen LogP contribution in [0, 0.1) is 10.8 Å². The van der Waals surface area contributed by atoms with Gasteiger partial charge in [0.15, 0.2) is 0 Å². The van der Waals surface area contributed by atoms with Crippen LogP contribution in [-0.2, 0) is 0 Å². The van der Waals surface area contributed by atoms with E-state index >= 15 is 0 Å². The zero-order valence-electron chi connectivity index (χ0n) is 14.6. The molecule has 0 spiro atoms. The van der Waals surface area contributed by atoms with Crippen LogP contribution in [0.25, 0.3) is 0 Å². The van der Waals surface area contributed by atoms with Gasteiger partial charge in [0.2, 0.25) is 0 Å². The van der Waals surface area contributed by atoms with Gasteiger partial charge in [-0.3, -0.25) is 0 Å². The summed E-state index contributed by atoms with van der Waals surface area (Å²) in [6.07, 6.45) is 22.1. The highest BCUT2D eigenvalue weighted by atomic mass is 14.4. The molecule has 0 unspecified atom stereocenters. The third kappa shape index (κ3) is 2.43. The number of hydrogen-bond donors (Lipinski definition) is 0. The zero-order chi connectivity index (χ0) is 15.2. The number of rotatable bonds is 0. The molecule has 0 saturated heterocycles. The van der Waals surface area contributed by atoms with Gasteiger partial charge in [0.05, 0.1) is 0 Å². The van der Waals surface area contributed by atoms with E-state index in [1.807, 2.05) is 0 Å². The van der Waals surface area contributed by atoms with E-state index in [1.54, 1.807) is 22.3 Å². The van der Waals surface area contributed by atoms with Crippen molar-refractivity contribution in [1.29, 1.82) is 0 Å². The minimum absolute atomic E-state index is 0.545. The molecule has 0 aliphatic heterocycles. The number of allylic oxidation sites excluding steroid dienone is 6. The van der Waals surface area contributed by atoms with Crippen LogP contribution in [0.5, 0.6) is 0 Å². The molecular weight excluding hydrogens is 264 g/mol. The second kappa shape index (κ2) is 5.39.